The molecule has 1 aromatic heterocycles. The van der Waals surface area contributed by atoms with Gasteiger partial charge >= 0.3 is 6.18 Å². The number of nitrogens with one attached hydrogen (secondary N) is 2. The van der Waals surface area contributed by atoms with Gasteiger partial charge in [0.1, 0.15) is 12.4 Å². The van der Waals surface area contributed by atoms with Crippen molar-refractivity contribution in [2.24, 2.45) is 4.99 Å². The van der Waals surface area contributed by atoms with Crippen LogP contribution in [0.2, 0.25) is 0 Å². The number of nitrogens with zero attached hydrogens (tertiary/aromatic N) is 2. The smallest absolute Gasteiger partial charge is 0.417 e. The zero-order valence-corrected chi connectivity index (χ0v) is 15.0. The van der Waals surface area contributed by atoms with Crippen molar-refractivity contribution in [3.8, 4) is 11.6 Å². The van der Waals surface area contributed by atoms with Crippen molar-refractivity contribution in [3.63, 3.8) is 0 Å². The van der Waals surface area contributed by atoms with Gasteiger partial charge in [0.15, 0.2) is 5.96 Å². The van der Waals surface area contributed by atoms with Crippen LogP contribution in [0.15, 0.2) is 47.6 Å². The molecule has 0 bridgehead atoms. The highest BCUT2D eigenvalue weighted by Crippen LogP contribution is 2.29. The van der Waals surface area contributed by atoms with Gasteiger partial charge in [-0.05, 0) is 23.8 Å². The van der Waals surface area contributed by atoms with Crippen LogP contribution in [0.4, 0.5) is 13.2 Å². The highest BCUT2D eigenvalue weighted by molar-refractivity contribution is 5.79. The van der Waals surface area contributed by atoms with E-state index in [9.17, 15) is 13.2 Å². The third-order valence-electron chi connectivity index (χ3n) is 3.53. The summed E-state index contributed by atoms with van der Waals surface area (Å²) in [5.41, 5.74) is 0.220. The minimum Gasteiger partial charge on any atom is -0.497 e. The van der Waals surface area contributed by atoms with Gasteiger partial charge in [0.05, 0.1) is 19.2 Å². The van der Waals surface area contributed by atoms with E-state index in [2.05, 4.69) is 20.6 Å². The zero-order valence-electron chi connectivity index (χ0n) is 15.0. The van der Waals surface area contributed by atoms with Crippen molar-refractivity contribution in [2.75, 3.05) is 27.3 Å². The fraction of sp³-hybridized carbons (Fsp3) is 0.333. The maximum atomic E-state index is 12.5. The largest absolute Gasteiger partial charge is 0.497 e. The maximum Gasteiger partial charge on any atom is 0.417 e. The Morgan fingerprint density at radius 1 is 1.19 bits per heavy atom. The molecule has 0 amide bonds. The minimum absolute atomic E-state index is 0.129. The molecule has 0 radical (unpaired) electrons. The molecule has 0 spiro atoms. The Balaban J connectivity index is 1.73. The molecule has 0 saturated carbocycles. The van der Waals surface area contributed by atoms with Gasteiger partial charge in [0.25, 0.3) is 0 Å². The summed E-state index contributed by atoms with van der Waals surface area (Å²) >= 11 is 0. The van der Waals surface area contributed by atoms with Crippen molar-refractivity contribution in [2.45, 2.75) is 12.7 Å². The monoisotopic (exact) mass is 382 g/mol. The van der Waals surface area contributed by atoms with E-state index in [-0.39, 0.29) is 12.5 Å². The lowest BCUT2D eigenvalue weighted by Crippen LogP contribution is -2.38. The first-order valence-electron chi connectivity index (χ1n) is 8.16. The van der Waals surface area contributed by atoms with E-state index in [1.54, 1.807) is 14.2 Å². The summed E-state index contributed by atoms with van der Waals surface area (Å²) in [6, 6.07) is 9.77. The fourth-order valence-corrected chi connectivity index (χ4v) is 2.15. The summed E-state index contributed by atoms with van der Waals surface area (Å²) in [5, 5.41) is 6.20. The molecule has 1 aromatic carbocycles. The van der Waals surface area contributed by atoms with Crippen LogP contribution in [-0.4, -0.2) is 38.3 Å². The number of aromatic nitrogens is 1. The summed E-state index contributed by atoms with van der Waals surface area (Å²) in [5.74, 6) is 1.47. The van der Waals surface area contributed by atoms with Gasteiger partial charge in [-0.15, -0.1) is 0 Å². The molecule has 1 heterocycles. The van der Waals surface area contributed by atoms with Crippen molar-refractivity contribution in [1.82, 2.24) is 15.6 Å². The molecule has 0 fully saturated rings. The van der Waals surface area contributed by atoms with E-state index in [4.69, 9.17) is 9.47 Å². The molecule has 2 aromatic rings. The SMILES string of the molecule is CN=C(NCCOc1ccc(C(F)(F)F)cn1)NCc1cccc(OC)c1. The van der Waals surface area contributed by atoms with Crippen molar-refractivity contribution in [3.05, 3.63) is 53.7 Å². The molecule has 2 N–H and O–H groups in total. The Bertz CT molecular complexity index is 749. The van der Waals surface area contributed by atoms with Gasteiger partial charge in [-0.25, -0.2) is 4.98 Å². The Kier molecular flexibility index (Phi) is 7.27. The summed E-state index contributed by atoms with van der Waals surface area (Å²) in [4.78, 5) is 7.74. The average Bonchev–Trinajstić information content (AvgIpc) is 2.67. The molecular formula is C18H21F3N4O2. The van der Waals surface area contributed by atoms with E-state index in [0.717, 1.165) is 23.6 Å². The molecule has 9 heteroatoms. The number of aliphatic imine (C=N–C) groups is 1. The predicted octanol–water partition coefficient (Wildman–Crippen LogP) is 2.85. The summed E-state index contributed by atoms with van der Waals surface area (Å²) in [6.07, 6.45) is -3.66. The number of benzene rings is 1. The lowest BCUT2D eigenvalue weighted by molar-refractivity contribution is -0.137. The molecule has 0 aliphatic rings. The second-order valence-electron chi connectivity index (χ2n) is 5.44. The van der Waals surface area contributed by atoms with Gasteiger partial charge in [-0.2, -0.15) is 13.2 Å². The molecule has 146 valence electrons. The normalized spacial score (nSPS) is 11.8. The highest BCUT2D eigenvalue weighted by atomic mass is 19.4. The molecule has 2 rings (SSSR count). The van der Waals surface area contributed by atoms with Crippen LogP contribution in [0.25, 0.3) is 0 Å². The van der Waals surface area contributed by atoms with Crippen molar-refractivity contribution >= 4 is 5.96 Å². The van der Waals surface area contributed by atoms with Gasteiger partial charge < -0.3 is 20.1 Å². The first-order chi connectivity index (χ1) is 12.9. The zero-order chi connectivity index (χ0) is 19.7. The Morgan fingerprint density at radius 2 is 2.00 bits per heavy atom. The van der Waals surface area contributed by atoms with E-state index in [1.807, 2.05) is 24.3 Å². The number of guanidine groups is 1. The number of halogens is 3. The predicted molar refractivity (Wildman–Crippen MR) is 95.9 cm³/mol. The molecule has 0 atom stereocenters. The summed E-state index contributed by atoms with van der Waals surface area (Å²) in [6.45, 7) is 1.18. The fourth-order valence-electron chi connectivity index (χ4n) is 2.15. The molecule has 0 saturated heterocycles. The van der Waals surface area contributed by atoms with Gasteiger partial charge in [0.2, 0.25) is 5.88 Å². The van der Waals surface area contributed by atoms with Crippen LogP contribution < -0.4 is 20.1 Å². The molecule has 0 unspecified atom stereocenters. The highest BCUT2D eigenvalue weighted by Gasteiger charge is 2.30. The quantitative estimate of drug-likeness (QED) is 0.438. The molecule has 27 heavy (non-hydrogen) atoms. The second-order valence-corrected chi connectivity index (χ2v) is 5.44. The number of hydrogen-bond donors (Lipinski definition) is 2. The first kappa shape index (κ1) is 20.3. The minimum atomic E-state index is -4.41. The number of rotatable bonds is 7. The number of methoxy groups -OCH3 is 1. The molecular weight excluding hydrogens is 361 g/mol. The summed E-state index contributed by atoms with van der Waals surface area (Å²) in [7, 11) is 3.25. The summed E-state index contributed by atoms with van der Waals surface area (Å²) < 4.78 is 47.9. The van der Waals surface area contributed by atoms with Crippen LogP contribution in [0.5, 0.6) is 11.6 Å². The van der Waals surface area contributed by atoms with Gasteiger partial charge in [-0.1, -0.05) is 12.1 Å². The van der Waals surface area contributed by atoms with E-state index in [1.165, 1.54) is 6.07 Å². The lowest BCUT2D eigenvalue weighted by atomic mass is 10.2. The number of hydrogen-bond acceptors (Lipinski definition) is 4. The van der Waals surface area contributed by atoms with Crippen molar-refractivity contribution < 1.29 is 22.6 Å². The Labute approximate surface area is 155 Å². The van der Waals surface area contributed by atoms with Crippen molar-refractivity contribution in [1.29, 1.82) is 0 Å². The molecule has 6 nitrogen and oxygen atoms in total. The Morgan fingerprint density at radius 3 is 2.63 bits per heavy atom. The van der Waals surface area contributed by atoms with E-state index in [0.29, 0.717) is 19.0 Å². The van der Waals surface area contributed by atoms with E-state index >= 15 is 0 Å². The first-order valence-corrected chi connectivity index (χ1v) is 8.16. The average molecular weight is 382 g/mol. The van der Waals surface area contributed by atoms with Gasteiger partial charge in [-0.3, -0.25) is 4.99 Å². The van der Waals surface area contributed by atoms with Crippen LogP contribution in [0.3, 0.4) is 0 Å². The molecule has 0 aliphatic carbocycles. The third kappa shape index (κ3) is 6.69. The van der Waals surface area contributed by atoms with E-state index < -0.39 is 11.7 Å². The van der Waals surface area contributed by atoms with Crippen LogP contribution in [0.1, 0.15) is 11.1 Å². The number of pyridine rings is 1. The molecule has 0 aliphatic heterocycles. The maximum absolute atomic E-state index is 12.5. The lowest BCUT2D eigenvalue weighted by Gasteiger charge is -2.13. The Hall–Kier alpha value is -2.97. The second kappa shape index (κ2) is 9.65. The van der Waals surface area contributed by atoms with Crippen LogP contribution >= 0.6 is 0 Å². The van der Waals surface area contributed by atoms with Crippen LogP contribution in [0, 0.1) is 0 Å². The number of alkyl halides is 3. The number of ether oxygens (including phenoxy) is 2. The topological polar surface area (TPSA) is 67.8 Å². The third-order valence-corrected chi connectivity index (χ3v) is 3.53. The standard InChI is InChI=1S/C18H21F3N4O2/c1-22-17(25-11-13-4-3-5-15(10-13)26-2)23-8-9-27-16-7-6-14(12-24-16)18(19,20)21/h3-7,10,12H,8-9,11H2,1-2H3,(H2,22,23,25). The van der Waals surface area contributed by atoms with Gasteiger partial charge in [0, 0.05) is 25.9 Å². The van der Waals surface area contributed by atoms with Crippen LogP contribution in [-0.2, 0) is 12.7 Å².